The van der Waals surface area contributed by atoms with Crippen LogP contribution < -0.4 is 5.32 Å². The average molecular weight is 312 g/mol. The summed E-state index contributed by atoms with van der Waals surface area (Å²) in [7, 11) is 0. The van der Waals surface area contributed by atoms with Crippen LogP contribution >= 0.6 is 0 Å². The Bertz CT molecular complexity index is 419. The van der Waals surface area contributed by atoms with E-state index in [9.17, 15) is 9.59 Å². The van der Waals surface area contributed by atoms with Gasteiger partial charge in [-0.25, -0.2) is 4.79 Å². The molecule has 2 rings (SSSR count). The van der Waals surface area contributed by atoms with Crippen molar-refractivity contribution in [3.63, 3.8) is 0 Å². The van der Waals surface area contributed by atoms with Gasteiger partial charge in [-0.05, 0) is 46.5 Å². The number of rotatable bonds is 3. The number of hydrogen-bond acceptors (Lipinski definition) is 4. The predicted octanol–water partition coefficient (Wildman–Crippen LogP) is 2.23. The highest BCUT2D eigenvalue weighted by Crippen LogP contribution is 2.26. The molecule has 1 amide bonds. The van der Waals surface area contributed by atoms with E-state index in [-0.39, 0.29) is 24.1 Å². The van der Waals surface area contributed by atoms with Gasteiger partial charge >= 0.3 is 12.1 Å². The maximum Gasteiger partial charge on any atom is 0.410 e. The van der Waals surface area contributed by atoms with Gasteiger partial charge in [0.1, 0.15) is 5.60 Å². The van der Waals surface area contributed by atoms with Crippen molar-refractivity contribution in [2.45, 2.75) is 70.6 Å². The zero-order valence-corrected chi connectivity index (χ0v) is 13.8. The van der Waals surface area contributed by atoms with Crippen molar-refractivity contribution < 1.29 is 19.4 Å². The first kappa shape index (κ1) is 17.1. The fraction of sp³-hybridized carbons (Fsp3) is 0.875. The van der Waals surface area contributed by atoms with Crippen molar-refractivity contribution in [2.24, 2.45) is 5.92 Å². The van der Waals surface area contributed by atoms with Gasteiger partial charge in [-0.3, -0.25) is 4.79 Å². The minimum atomic E-state index is -0.687. The van der Waals surface area contributed by atoms with E-state index in [2.05, 4.69) is 5.32 Å². The molecule has 0 aromatic heterocycles. The first-order valence-corrected chi connectivity index (χ1v) is 8.21. The molecule has 1 heterocycles. The molecule has 2 aliphatic rings. The standard InChI is InChI=1S/C16H28N2O4/c1-16(2,3)22-15(21)18-8-7-13(10-18)17-12-6-4-5-11(9-12)14(19)20/h11-13,17H,4-10H2,1-3H3,(H,19,20). The topological polar surface area (TPSA) is 78.9 Å². The molecule has 2 N–H and O–H groups in total. The number of nitrogens with one attached hydrogen (secondary N) is 1. The summed E-state index contributed by atoms with van der Waals surface area (Å²) < 4.78 is 5.39. The minimum absolute atomic E-state index is 0.227. The van der Waals surface area contributed by atoms with Crippen molar-refractivity contribution >= 4 is 12.1 Å². The summed E-state index contributed by atoms with van der Waals surface area (Å²) in [5.41, 5.74) is -0.472. The number of carboxylic acids is 1. The summed E-state index contributed by atoms with van der Waals surface area (Å²) in [6.07, 6.45) is 4.08. The lowest BCUT2D eigenvalue weighted by molar-refractivity contribution is -0.143. The van der Waals surface area contributed by atoms with E-state index in [4.69, 9.17) is 9.84 Å². The van der Waals surface area contributed by atoms with E-state index >= 15 is 0 Å². The largest absolute Gasteiger partial charge is 0.481 e. The maximum absolute atomic E-state index is 12.0. The molecule has 0 spiro atoms. The highest BCUT2D eigenvalue weighted by molar-refractivity contribution is 5.70. The number of carboxylic acid groups (broad SMARTS) is 1. The van der Waals surface area contributed by atoms with Crippen LogP contribution in [0.4, 0.5) is 4.79 Å². The van der Waals surface area contributed by atoms with Gasteiger partial charge in [0.2, 0.25) is 0 Å². The number of ether oxygens (including phenoxy) is 1. The van der Waals surface area contributed by atoms with Gasteiger partial charge in [-0.1, -0.05) is 6.42 Å². The maximum atomic E-state index is 12.0. The summed E-state index contributed by atoms with van der Waals surface area (Å²) in [5, 5.41) is 12.7. The van der Waals surface area contributed by atoms with E-state index in [0.29, 0.717) is 19.5 Å². The molecule has 0 bridgehead atoms. The molecule has 22 heavy (non-hydrogen) atoms. The van der Waals surface area contributed by atoms with Crippen LogP contribution in [0.15, 0.2) is 0 Å². The Labute approximate surface area is 132 Å². The van der Waals surface area contributed by atoms with E-state index < -0.39 is 11.6 Å². The van der Waals surface area contributed by atoms with Crippen molar-refractivity contribution in [1.29, 1.82) is 0 Å². The molecule has 1 aliphatic heterocycles. The molecule has 1 aliphatic carbocycles. The highest BCUT2D eigenvalue weighted by atomic mass is 16.6. The van der Waals surface area contributed by atoms with Crippen LogP contribution in [0.25, 0.3) is 0 Å². The Hall–Kier alpha value is -1.30. The van der Waals surface area contributed by atoms with Crippen LogP contribution in [0.2, 0.25) is 0 Å². The van der Waals surface area contributed by atoms with Gasteiger partial charge < -0.3 is 20.1 Å². The zero-order chi connectivity index (χ0) is 16.3. The number of hydrogen-bond donors (Lipinski definition) is 2. The lowest BCUT2D eigenvalue weighted by Crippen LogP contribution is -2.44. The third kappa shape index (κ3) is 4.87. The van der Waals surface area contributed by atoms with Crippen LogP contribution in [0.3, 0.4) is 0 Å². The molecule has 0 aromatic carbocycles. The third-order valence-corrected chi connectivity index (χ3v) is 4.33. The number of carbonyl (C=O) groups is 2. The number of carbonyl (C=O) groups excluding carboxylic acids is 1. The Balaban J connectivity index is 1.79. The molecule has 0 aromatic rings. The summed E-state index contributed by atoms with van der Waals surface area (Å²) in [4.78, 5) is 24.9. The van der Waals surface area contributed by atoms with Crippen molar-refractivity contribution in [1.82, 2.24) is 10.2 Å². The second-order valence-electron chi connectivity index (χ2n) is 7.48. The molecule has 2 fully saturated rings. The molecular weight excluding hydrogens is 284 g/mol. The van der Waals surface area contributed by atoms with E-state index in [1.165, 1.54) is 0 Å². The van der Waals surface area contributed by atoms with Crippen molar-refractivity contribution in [2.75, 3.05) is 13.1 Å². The first-order chi connectivity index (χ1) is 10.2. The Morgan fingerprint density at radius 2 is 1.91 bits per heavy atom. The van der Waals surface area contributed by atoms with Crippen LogP contribution in [0, 0.1) is 5.92 Å². The molecule has 1 saturated heterocycles. The van der Waals surface area contributed by atoms with Gasteiger partial charge in [0.15, 0.2) is 0 Å². The molecule has 6 nitrogen and oxygen atoms in total. The number of likely N-dealkylation sites (tertiary alicyclic amines) is 1. The van der Waals surface area contributed by atoms with Gasteiger partial charge in [-0.2, -0.15) is 0 Å². The smallest absolute Gasteiger partial charge is 0.410 e. The first-order valence-electron chi connectivity index (χ1n) is 8.21. The number of amides is 1. The molecule has 3 atom stereocenters. The molecule has 0 radical (unpaired) electrons. The van der Waals surface area contributed by atoms with Crippen molar-refractivity contribution in [3.8, 4) is 0 Å². The SMILES string of the molecule is CC(C)(C)OC(=O)N1CCC(NC2CCCC(C(=O)O)C2)C1. The third-order valence-electron chi connectivity index (χ3n) is 4.33. The Morgan fingerprint density at radius 1 is 1.18 bits per heavy atom. The van der Waals surface area contributed by atoms with Crippen LogP contribution in [0.1, 0.15) is 52.9 Å². The zero-order valence-electron chi connectivity index (χ0n) is 13.8. The van der Waals surface area contributed by atoms with E-state index in [1.54, 1.807) is 4.90 Å². The van der Waals surface area contributed by atoms with E-state index in [0.717, 1.165) is 25.7 Å². The normalized spacial score (nSPS) is 29.4. The van der Waals surface area contributed by atoms with Crippen molar-refractivity contribution in [3.05, 3.63) is 0 Å². The Kier molecular flexibility index (Phi) is 5.32. The van der Waals surface area contributed by atoms with Crippen LogP contribution in [-0.4, -0.2) is 52.8 Å². The summed E-state index contributed by atoms with van der Waals surface area (Å²) in [5.74, 6) is -0.914. The molecule has 1 saturated carbocycles. The lowest BCUT2D eigenvalue weighted by Gasteiger charge is -2.30. The number of aliphatic carboxylic acids is 1. The molecular formula is C16H28N2O4. The minimum Gasteiger partial charge on any atom is -0.481 e. The fourth-order valence-electron chi connectivity index (χ4n) is 3.29. The van der Waals surface area contributed by atoms with Gasteiger partial charge in [0.05, 0.1) is 5.92 Å². The second-order valence-corrected chi connectivity index (χ2v) is 7.48. The summed E-state index contributed by atoms with van der Waals surface area (Å²) >= 11 is 0. The number of nitrogens with zero attached hydrogens (tertiary/aromatic N) is 1. The van der Waals surface area contributed by atoms with E-state index in [1.807, 2.05) is 20.8 Å². The lowest BCUT2D eigenvalue weighted by atomic mass is 9.85. The average Bonchev–Trinajstić information content (AvgIpc) is 2.85. The molecule has 126 valence electrons. The highest BCUT2D eigenvalue weighted by Gasteiger charge is 2.33. The summed E-state index contributed by atoms with van der Waals surface area (Å²) in [6.45, 7) is 6.94. The Morgan fingerprint density at radius 3 is 2.55 bits per heavy atom. The van der Waals surface area contributed by atoms with Crippen LogP contribution in [0.5, 0.6) is 0 Å². The summed E-state index contributed by atoms with van der Waals surface area (Å²) in [6, 6.07) is 0.489. The monoisotopic (exact) mass is 312 g/mol. The second kappa shape index (κ2) is 6.86. The van der Waals surface area contributed by atoms with Gasteiger partial charge in [0, 0.05) is 25.2 Å². The predicted molar refractivity (Wildman–Crippen MR) is 82.7 cm³/mol. The van der Waals surface area contributed by atoms with Gasteiger partial charge in [-0.15, -0.1) is 0 Å². The van der Waals surface area contributed by atoms with Gasteiger partial charge in [0.25, 0.3) is 0 Å². The molecule has 3 unspecified atom stereocenters. The van der Waals surface area contributed by atoms with Crippen LogP contribution in [-0.2, 0) is 9.53 Å². The molecule has 6 heteroatoms. The fourth-order valence-corrected chi connectivity index (χ4v) is 3.29. The quantitative estimate of drug-likeness (QED) is 0.835.